The quantitative estimate of drug-likeness (QED) is 0.434. The van der Waals surface area contributed by atoms with Crippen LogP contribution in [0.4, 0.5) is 0 Å². The Labute approximate surface area is 42.3 Å². The average molecular weight is 146 g/mol. The molecule has 4 heteroatoms. The van der Waals surface area contributed by atoms with E-state index >= 15 is 0 Å². The molecule has 0 unspecified atom stereocenters. The summed E-state index contributed by atoms with van der Waals surface area (Å²) in [5.41, 5.74) is 0. The molecule has 0 bridgehead atoms. The minimum absolute atomic E-state index is 0. The SMILES string of the molecule is [Mn+2].[O-2].[O]=[Ni]. The van der Waals surface area contributed by atoms with Gasteiger partial charge in [-0.1, -0.05) is 0 Å². The summed E-state index contributed by atoms with van der Waals surface area (Å²) in [7, 11) is 0. The molecule has 0 rings (SSSR count). The molecule has 0 aliphatic rings. The molecule has 0 aromatic heterocycles. The molecular formula is MnNiO2. The van der Waals surface area contributed by atoms with E-state index in [0.29, 0.717) is 0 Å². The molecule has 0 aromatic rings. The van der Waals surface area contributed by atoms with Gasteiger partial charge in [-0.05, 0) is 0 Å². The second kappa shape index (κ2) is 48.6. The van der Waals surface area contributed by atoms with Gasteiger partial charge >= 0.3 is 36.4 Å². The summed E-state index contributed by atoms with van der Waals surface area (Å²) >= 11 is 2.62. The third-order valence-electron chi connectivity index (χ3n) is 0. The van der Waals surface area contributed by atoms with E-state index in [4.69, 9.17) is 3.90 Å². The summed E-state index contributed by atoms with van der Waals surface area (Å²) < 4.78 is 7.88. The normalized spacial score (nSPS) is 1.50. The molecule has 0 aliphatic carbocycles. The Bertz CT molecular complexity index is 6.00. The van der Waals surface area contributed by atoms with Gasteiger partial charge in [-0.3, -0.25) is 0 Å². The van der Waals surface area contributed by atoms with Gasteiger partial charge in [0.25, 0.3) is 0 Å². The fourth-order valence-electron chi connectivity index (χ4n) is 0. The van der Waals surface area contributed by atoms with E-state index < -0.39 is 0 Å². The van der Waals surface area contributed by atoms with Gasteiger partial charge in [-0.25, -0.2) is 0 Å². The first kappa shape index (κ1) is 21.6. The van der Waals surface area contributed by atoms with Crippen molar-refractivity contribution in [3.8, 4) is 0 Å². The van der Waals surface area contributed by atoms with Crippen molar-refractivity contribution in [2.45, 2.75) is 0 Å². The van der Waals surface area contributed by atoms with Gasteiger partial charge < -0.3 is 5.48 Å². The van der Waals surface area contributed by atoms with Crippen LogP contribution in [0.25, 0.3) is 0 Å². The fraction of sp³-hybridized carbons (Fsp3) is 0. The van der Waals surface area contributed by atoms with E-state index in [9.17, 15) is 0 Å². The molecule has 0 fully saturated rings. The van der Waals surface area contributed by atoms with Gasteiger partial charge in [0.1, 0.15) is 0 Å². The maximum atomic E-state index is 7.88. The van der Waals surface area contributed by atoms with Gasteiger partial charge in [0, 0.05) is 0 Å². The van der Waals surface area contributed by atoms with Gasteiger partial charge in [0.2, 0.25) is 0 Å². The summed E-state index contributed by atoms with van der Waals surface area (Å²) in [5.74, 6) is 0. The molecule has 0 aromatic carbocycles. The Hall–Kier alpha value is 0.773. The van der Waals surface area contributed by atoms with Crippen LogP contribution in [0.15, 0.2) is 0 Å². The van der Waals surface area contributed by atoms with E-state index in [2.05, 4.69) is 15.4 Å². The zero-order valence-corrected chi connectivity index (χ0v) is 3.68. The summed E-state index contributed by atoms with van der Waals surface area (Å²) in [6.45, 7) is 0. The Morgan fingerprint density at radius 3 is 1.25 bits per heavy atom. The summed E-state index contributed by atoms with van der Waals surface area (Å²) in [6, 6.07) is 0. The number of rotatable bonds is 0. The molecule has 1 radical (unpaired) electrons. The molecule has 29 valence electrons. The maximum absolute atomic E-state index is 7.88. The molecule has 0 heterocycles. The first-order valence-electron chi connectivity index (χ1n) is 0.129. The van der Waals surface area contributed by atoms with Crippen LogP contribution in [0.1, 0.15) is 0 Å². The Morgan fingerprint density at radius 1 is 1.25 bits per heavy atom. The molecule has 2 nitrogen and oxygen atoms in total. The van der Waals surface area contributed by atoms with Crippen molar-refractivity contribution < 1.29 is 41.8 Å². The van der Waals surface area contributed by atoms with Crippen LogP contribution in [0.3, 0.4) is 0 Å². The second-order valence-corrected chi connectivity index (χ2v) is 0. The number of hydrogen-bond acceptors (Lipinski definition) is 1. The van der Waals surface area contributed by atoms with Crippen molar-refractivity contribution in [1.29, 1.82) is 0 Å². The van der Waals surface area contributed by atoms with Gasteiger partial charge in [-0.15, -0.1) is 0 Å². The van der Waals surface area contributed by atoms with E-state index in [0.717, 1.165) is 0 Å². The van der Waals surface area contributed by atoms with Crippen molar-refractivity contribution in [3.63, 3.8) is 0 Å². The first-order chi connectivity index (χ1) is 1.00. The van der Waals surface area contributed by atoms with Crippen LogP contribution >= 0.6 is 0 Å². The van der Waals surface area contributed by atoms with Crippen LogP contribution in [-0.2, 0) is 41.8 Å². The Morgan fingerprint density at radius 2 is 1.25 bits per heavy atom. The van der Waals surface area contributed by atoms with E-state index in [1.165, 1.54) is 0 Å². The van der Waals surface area contributed by atoms with Crippen LogP contribution < -0.4 is 0 Å². The molecule has 0 saturated carbocycles. The number of hydrogen-bond donors (Lipinski definition) is 0. The third kappa shape index (κ3) is 14.6. The van der Waals surface area contributed by atoms with Gasteiger partial charge in [-0.2, -0.15) is 0 Å². The van der Waals surface area contributed by atoms with Gasteiger partial charge in [0.05, 0.1) is 0 Å². The molecule has 0 amide bonds. The molecule has 4 heavy (non-hydrogen) atoms. The Balaban J connectivity index is -0.00000000500. The summed E-state index contributed by atoms with van der Waals surface area (Å²) in [6.07, 6.45) is 0. The van der Waals surface area contributed by atoms with E-state index in [-0.39, 0.29) is 22.5 Å². The van der Waals surface area contributed by atoms with E-state index in [1.54, 1.807) is 0 Å². The van der Waals surface area contributed by atoms with Crippen molar-refractivity contribution in [2.24, 2.45) is 0 Å². The molecular weight excluding hydrogens is 146 g/mol. The second-order valence-electron chi connectivity index (χ2n) is 0. The van der Waals surface area contributed by atoms with Crippen molar-refractivity contribution >= 4 is 0 Å². The Kier molecular flexibility index (Phi) is 262. The van der Waals surface area contributed by atoms with Crippen molar-refractivity contribution in [1.82, 2.24) is 0 Å². The van der Waals surface area contributed by atoms with Gasteiger partial charge in [0.15, 0.2) is 0 Å². The molecule has 0 N–H and O–H groups in total. The van der Waals surface area contributed by atoms with Crippen LogP contribution in [-0.4, -0.2) is 0 Å². The van der Waals surface area contributed by atoms with Crippen LogP contribution in [0.5, 0.6) is 0 Å². The monoisotopic (exact) mass is 145 g/mol. The third-order valence-corrected chi connectivity index (χ3v) is 0. The standard InChI is InChI=1S/Mn.Ni.2O/q+2;;;-2. The summed E-state index contributed by atoms with van der Waals surface area (Å²) in [5, 5.41) is 0. The topological polar surface area (TPSA) is 45.6 Å². The summed E-state index contributed by atoms with van der Waals surface area (Å²) in [4.78, 5) is 0. The van der Waals surface area contributed by atoms with Crippen LogP contribution in [0.2, 0.25) is 0 Å². The minimum atomic E-state index is 0. The molecule has 0 saturated heterocycles. The first-order valence-corrected chi connectivity index (χ1v) is 0.532. The molecule has 0 aliphatic heterocycles. The van der Waals surface area contributed by atoms with Crippen LogP contribution in [0, 0.1) is 0 Å². The predicted octanol–water partition coefficient (Wildman–Crippen LogP) is -0.243. The zero-order chi connectivity index (χ0) is 2.00. The zero-order valence-electron chi connectivity index (χ0n) is 1.51. The average Bonchev–Trinajstić information content (AvgIpc) is 1.00. The van der Waals surface area contributed by atoms with Crippen molar-refractivity contribution in [3.05, 3.63) is 0 Å². The molecule has 0 atom stereocenters. The molecule has 0 spiro atoms. The van der Waals surface area contributed by atoms with Crippen molar-refractivity contribution in [2.75, 3.05) is 0 Å². The fourth-order valence-corrected chi connectivity index (χ4v) is 0. The predicted molar refractivity (Wildman–Crippen MR) is 1.37 cm³/mol. The van der Waals surface area contributed by atoms with E-state index in [1.807, 2.05) is 0 Å².